The van der Waals surface area contributed by atoms with Gasteiger partial charge in [-0.3, -0.25) is 14.5 Å². The molecule has 3 aromatic rings. The Morgan fingerprint density at radius 3 is 2.45 bits per heavy atom. The van der Waals surface area contributed by atoms with E-state index in [-0.39, 0.29) is 17.9 Å². The van der Waals surface area contributed by atoms with Gasteiger partial charge in [0.25, 0.3) is 5.91 Å². The van der Waals surface area contributed by atoms with Crippen LogP contribution in [0.4, 0.5) is 11.4 Å². The first kappa shape index (κ1) is 19.6. The van der Waals surface area contributed by atoms with Crippen LogP contribution in [-0.2, 0) is 17.9 Å². The van der Waals surface area contributed by atoms with Crippen LogP contribution in [0.3, 0.4) is 0 Å². The molecule has 2 aromatic carbocycles. The summed E-state index contributed by atoms with van der Waals surface area (Å²) >= 11 is 0. The van der Waals surface area contributed by atoms with Gasteiger partial charge in [0.15, 0.2) is 5.76 Å². The lowest BCUT2D eigenvalue weighted by atomic mass is 9.97. The van der Waals surface area contributed by atoms with E-state index in [1.165, 1.54) is 17.4 Å². The highest BCUT2D eigenvalue weighted by molar-refractivity contribution is 6.10. The van der Waals surface area contributed by atoms with Crippen molar-refractivity contribution in [2.75, 3.05) is 23.4 Å². The van der Waals surface area contributed by atoms with Crippen LogP contribution < -0.4 is 9.80 Å². The Morgan fingerprint density at radius 2 is 1.71 bits per heavy atom. The summed E-state index contributed by atoms with van der Waals surface area (Å²) in [6.07, 6.45) is 1.50. The molecule has 2 aliphatic heterocycles. The maximum Gasteiger partial charge on any atom is 0.294 e. The largest absolute Gasteiger partial charge is 0.459 e. The van der Waals surface area contributed by atoms with Gasteiger partial charge in [-0.05, 0) is 66.6 Å². The van der Waals surface area contributed by atoms with Crippen molar-refractivity contribution >= 4 is 23.2 Å². The van der Waals surface area contributed by atoms with E-state index < -0.39 is 0 Å². The van der Waals surface area contributed by atoms with Crippen molar-refractivity contribution in [3.8, 4) is 11.1 Å². The number of carbonyl (C=O) groups is 2. The summed E-state index contributed by atoms with van der Waals surface area (Å²) < 4.78 is 5.37. The number of amides is 2. The van der Waals surface area contributed by atoms with Crippen molar-refractivity contribution in [3.05, 3.63) is 71.7 Å². The van der Waals surface area contributed by atoms with Gasteiger partial charge in [-0.2, -0.15) is 0 Å². The molecule has 1 aromatic heterocycles. The molecule has 2 aliphatic rings. The zero-order valence-electron chi connectivity index (χ0n) is 18.0. The van der Waals surface area contributed by atoms with Crippen molar-refractivity contribution in [1.82, 2.24) is 4.90 Å². The van der Waals surface area contributed by atoms with Crippen molar-refractivity contribution in [3.63, 3.8) is 0 Å². The van der Waals surface area contributed by atoms with Gasteiger partial charge in [-0.1, -0.05) is 18.2 Å². The lowest BCUT2D eigenvalue weighted by Gasteiger charge is -2.40. The van der Waals surface area contributed by atoms with E-state index in [2.05, 4.69) is 30.1 Å². The number of rotatable bonds is 2. The molecule has 2 amide bonds. The molecule has 0 fully saturated rings. The van der Waals surface area contributed by atoms with Gasteiger partial charge in [0, 0.05) is 26.6 Å². The highest BCUT2D eigenvalue weighted by atomic mass is 16.3. The zero-order chi connectivity index (χ0) is 21.7. The third-order valence-corrected chi connectivity index (χ3v) is 6.15. The van der Waals surface area contributed by atoms with Gasteiger partial charge in [0.05, 0.1) is 23.7 Å². The number of furan rings is 1. The lowest BCUT2D eigenvalue weighted by Crippen LogP contribution is -2.51. The van der Waals surface area contributed by atoms with E-state index in [0.29, 0.717) is 12.3 Å². The van der Waals surface area contributed by atoms with Crippen LogP contribution >= 0.6 is 0 Å². The molecule has 0 bridgehead atoms. The normalized spacial score (nSPS) is 18.1. The average molecular weight is 415 g/mol. The van der Waals surface area contributed by atoms with Gasteiger partial charge in [-0.25, -0.2) is 0 Å². The fourth-order valence-electron chi connectivity index (χ4n) is 4.75. The summed E-state index contributed by atoms with van der Waals surface area (Å²) in [4.78, 5) is 31.4. The molecule has 5 rings (SSSR count). The molecule has 0 saturated carbocycles. The number of hydrogen-bond donors (Lipinski definition) is 0. The van der Waals surface area contributed by atoms with E-state index in [0.717, 1.165) is 35.6 Å². The highest BCUT2D eigenvalue weighted by Gasteiger charge is 2.35. The summed E-state index contributed by atoms with van der Waals surface area (Å²) in [5.74, 6) is 0.0570. The molecule has 6 heteroatoms. The summed E-state index contributed by atoms with van der Waals surface area (Å²) in [5, 5.41) is 0. The fourth-order valence-corrected chi connectivity index (χ4v) is 4.75. The smallest absolute Gasteiger partial charge is 0.294 e. The molecular formula is C25H25N3O3. The van der Waals surface area contributed by atoms with Gasteiger partial charge in [0.2, 0.25) is 5.91 Å². The molecule has 0 unspecified atom stereocenters. The van der Waals surface area contributed by atoms with E-state index in [9.17, 15) is 9.59 Å². The van der Waals surface area contributed by atoms with Crippen molar-refractivity contribution in [2.24, 2.45) is 0 Å². The summed E-state index contributed by atoms with van der Waals surface area (Å²) in [5.41, 5.74) is 6.29. The topological polar surface area (TPSA) is 57.0 Å². The molecule has 0 N–H and O–H groups in total. The maximum absolute atomic E-state index is 13.2. The van der Waals surface area contributed by atoms with Crippen molar-refractivity contribution < 1.29 is 14.0 Å². The second-order valence-corrected chi connectivity index (χ2v) is 8.49. The number of anilines is 2. The lowest BCUT2D eigenvalue weighted by molar-refractivity contribution is -0.117. The quantitative estimate of drug-likeness (QED) is 0.626. The van der Waals surface area contributed by atoms with Gasteiger partial charge in [-0.15, -0.1) is 0 Å². The number of carbonyl (C=O) groups excluding carboxylic acids is 2. The molecule has 6 nitrogen and oxygen atoms in total. The summed E-state index contributed by atoms with van der Waals surface area (Å²) in [6, 6.07) is 15.8. The monoisotopic (exact) mass is 415 g/mol. The van der Waals surface area contributed by atoms with E-state index in [1.807, 2.05) is 25.1 Å². The van der Waals surface area contributed by atoms with Crippen molar-refractivity contribution in [2.45, 2.75) is 33.0 Å². The van der Waals surface area contributed by atoms with Crippen LogP contribution in [0.5, 0.6) is 0 Å². The van der Waals surface area contributed by atoms with Crippen LogP contribution in [0.1, 0.15) is 35.5 Å². The number of benzene rings is 2. The van der Waals surface area contributed by atoms with Crippen LogP contribution in [-0.4, -0.2) is 36.3 Å². The first-order valence-electron chi connectivity index (χ1n) is 10.5. The molecule has 3 heterocycles. The zero-order valence-corrected chi connectivity index (χ0v) is 18.0. The second kappa shape index (κ2) is 7.39. The Bertz CT molecular complexity index is 1170. The molecule has 158 valence electrons. The fraction of sp³-hybridized carbons (Fsp3) is 0.280. The van der Waals surface area contributed by atoms with Gasteiger partial charge < -0.3 is 14.2 Å². The Kier molecular flexibility index (Phi) is 4.67. The minimum absolute atomic E-state index is 0.0350. The number of nitrogens with zero attached hydrogens (tertiary/aromatic N) is 3. The molecule has 0 radical (unpaired) electrons. The summed E-state index contributed by atoms with van der Waals surface area (Å²) in [6.45, 7) is 5.83. The molecule has 0 saturated heterocycles. The van der Waals surface area contributed by atoms with Crippen LogP contribution in [0, 0.1) is 0 Å². The molecular weight excluding hydrogens is 390 g/mol. The Morgan fingerprint density at radius 1 is 0.968 bits per heavy atom. The third-order valence-electron chi connectivity index (χ3n) is 6.15. The molecule has 0 aliphatic carbocycles. The first-order valence-corrected chi connectivity index (χ1v) is 10.5. The van der Waals surface area contributed by atoms with E-state index in [4.69, 9.17) is 4.42 Å². The number of hydrogen-bond acceptors (Lipinski definition) is 4. The minimum atomic E-state index is -0.200. The van der Waals surface area contributed by atoms with Gasteiger partial charge in [0.1, 0.15) is 0 Å². The SMILES string of the molecule is CC(=O)N1c2ccc(-c3ccc4c(c3)CN(C)C4)cc2N(C(=O)c2ccco2)C[C@@H]1C. The second-order valence-electron chi connectivity index (χ2n) is 8.49. The van der Waals surface area contributed by atoms with E-state index >= 15 is 0 Å². The van der Waals surface area contributed by atoms with Crippen LogP contribution in [0.2, 0.25) is 0 Å². The summed E-state index contributed by atoms with van der Waals surface area (Å²) in [7, 11) is 2.12. The average Bonchev–Trinajstić information content (AvgIpc) is 3.40. The first-order chi connectivity index (χ1) is 14.9. The molecule has 0 spiro atoms. The van der Waals surface area contributed by atoms with E-state index in [1.54, 1.807) is 28.9 Å². The highest BCUT2D eigenvalue weighted by Crippen LogP contribution is 2.40. The minimum Gasteiger partial charge on any atom is -0.459 e. The predicted molar refractivity (Wildman–Crippen MR) is 120 cm³/mol. The van der Waals surface area contributed by atoms with Gasteiger partial charge >= 0.3 is 0 Å². The number of fused-ring (bicyclic) bond motifs is 2. The molecule has 1 atom stereocenters. The predicted octanol–water partition coefficient (Wildman–Crippen LogP) is 4.29. The standard InChI is InChI=1S/C25H25N3O3/c1-16-13-27(25(30)24-5-4-10-31-24)23-12-19(8-9-22(23)28(16)17(2)29)18-6-7-20-14-26(3)15-21(20)11-18/h4-12,16H,13-15H2,1-3H3/t16-/m0/s1. The van der Waals surface area contributed by atoms with Crippen LogP contribution in [0.25, 0.3) is 11.1 Å². The third kappa shape index (κ3) is 3.33. The Hall–Kier alpha value is -3.38. The Balaban J connectivity index is 1.60. The molecule has 31 heavy (non-hydrogen) atoms. The van der Waals surface area contributed by atoms with Crippen LogP contribution in [0.15, 0.2) is 59.2 Å². The van der Waals surface area contributed by atoms with Crippen molar-refractivity contribution in [1.29, 1.82) is 0 Å². The maximum atomic E-state index is 13.2. The Labute approximate surface area is 181 Å².